The number of amides is 1. The number of nitrogens with zero attached hydrogens (tertiary/aromatic N) is 2. The van der Waals surface area contributed by atoms with E-state index in [1.165, 1.54) is 20.4 Å². The minimum absolute atomic E-state index is 0.175. The Balaban J connectivity index is 3.07. The van der Waals surface area contributed by atoms with Gasteiger partial charge in [0, 0.05) is 6.92 Å². The van der Waals surface area contributed by atoms with E-state index in [0.29, 0.717) is 15.3 Å². The second-order valence-electron chi connectivity index (χ2n) is 2.23. The van der Waals surface area contributed by atoms with Crippen molar-refractivity contribution in [1.29, 1.82) is 0 Å². The summed E-state index contributed by atoms with van der Waals surface area (Å²) in [6, 6.07) is 0. The topological polar surface area (TPSA) is 64.1 Å². The van der Waals surface area contributed by atoms with Crippen LogP contribution in [0.5, 0.6) is 5.88 Å². The largest absolute Gasteiger partial charge is 0.479 e. The summed E-state index contributed by atoms with van der Waals surface area (Å²) in [7, 11) is 1.49. The lowest BCUT2D eigenvalue weighted by molar-refractivity contribution is -0.114. The molecule has 0 saturated heterocycles. The van der Waals surface area contributed by atoms with E-state index in [0.717, 1.165) is 0 Å². The molecule has 0 aliphatic rings. The Morgan fingerprint density at radius 3 is 2.85 bits per heavy atom. The summed E-state index contributed by atoms with van der Waals surface area (Å²) in [5, 5.41) is 2.60. The first-order chi connectivity index (χ1) is 6.15. The van der Waals surface area contributed by atoms with Gasteiger partial charge in [-0.1, -0.05) is 0 Å². The van der Waals surface area contributed by atoms with Crippen LogP contribution in [-0.4, -0.2) is 23.0 Å². The summed E-state index contributed by atoms with van der Waals surface area (Å²) in [5.41, 5.74) is 0.512. The van der Waals surface area contributed by atoms with Crippen LogP contribution in [-0.2, 0) is 4.79 Å². The summed E-state index contributed by atoms with van der Waals surface area (Å²) in [6.07, 6.45) is 1.38. The van der Waals surface area contributed by atoms with E-state index < -0.39 is 0 Å². The number of hydrogen-bond donors (Lipinski definition) is 1. The van der Waals surface area contributed by atoms with Crippen LogP contribution in [0.2, 0.25) is 0 Å². The predicted octanol–water partition coefficient (Wildman–Crippen LogP) is 1.05. The number of carbonyl (C=O) groups is 1. The fourth-order valence-corrected chi connectivity index (χ4v) is 1.28. The average Bonchev–Trinajstić information content (AvgIpc) is 2.08. The molecule has 1 rings (SSSR count). The molecule has 1 N–H and O–H groups in total. The van der Waals surface area contributed by atoms with Gasteiger partial charge < -0.3 is 10.1 Å². The number of anilines is 1. The zero-order chi connectivity index (χ0) is 9.84. The van der Waals surface area contributed by atoms with Crippen molar-refractivity contribution in [2.75, 3.05) is 12.4 Å². The highest BCUT2D eigenvalue weighted by Gasteiger charge is 2.10. The van der Waals surface area contributed by atoms with Gasteiger partial charge in [0.2, 0.25) is 11.8 Å². The highest BCUT2D eigenvalue weighted by atomic mass is 127. The summed E-state index contributed by atoms with van der Waals surface area (Å²) in [5.74, 6) is 0.195. The Morgan fingerprint density at radius 2 is 2.31 bits per heavy atom. The average molecular weight is 293 g/mol. The van der Waals surface area contributed by atoms with Gasteiger partial charge in [0.05, 0.1) is 7.11 Å². The Bertz CT molecular complexity index is 330. The van der Waals surface area contributed by atoms with Crippen molar-refractivity contribution < 1.29 is 9.53 Å². The number of ether oxygens (including phenoxy) is 1. The smallest absolute Gasteiger partial charge is 0.241 e. The van der Waals surface area contributed by atoms with Gasteiger partial charge in [-0.25, -0.2) is 4.98 Å². The van der Waals surface area contributed by atoms with Crippen LogP contribution in [0.4, 0.5) is 5.69 Å². The monoisotopic (exact) mass is 293 g/mol. The second kappa shape index (κ2) is 4.35. The molecule has 0 radical (unpaired) electrons. The fourth-order valence-electron chi connectivity index (χ4n) is 0.785. The van der Waals surface area contributed by atoms with E-state index >= 15 is 0 Å². The van der Waals surface area contributed by atoms with Gasteiger partial charge in [-0.15, -0.1) is 0 Å². The normalized spacial score (nSPS) is 9.46. The number of hydrogen-bond acceptors (Lipinski definition) is 4. The van der Waals surface area contributed by atoms with Crippen LogP contribution in [0.3, 0.4) is 0 Å². The van der Waals surface area contributed by atoms with Crippen molar-refractivity contribution in [2.45, 2.75) is 6.92 Å². The maximum absolute atomic E-state index is 10.8. The molecular formula is C7H8IN3O2. The zero-order valence-electron chi connectivity index (χ0n) is 7.17. The molecule has 6 heteroatoms. The number of methoxy groups -OCH3 is 1. The lowest BCUT2D eigenvalue weighted by Gasteiger charge is -2.07. The van der Waals surface area contributed by atoms with Crippen molar-refractivity contribution >= 4 is 34.2 Å². The van der Waals surface area contributed by atoms with Crippen LogP contribution in [0.1, 0.15) is 6.92 Å². The Kier molecular flexibility index (Phi) is 3.40. The molecule has 0 atom stereocenters. The van der Waals surface area contributed by atoms with E-state index in [1.807, 2.05) is 22.6 Å². The zero-order valence-corrected chi connectivity index (χ0v) is 9.32. The summed E-state index contributed by atoms with van der Waals surface area (Å²) >= 11 is 2.00. The van der Waals surface area contributed by atoms with E-state index in [4.69, 9.17) is 4.74 Å². The highest BCUT2D eigenvalue weighted by Crippen LogP contribution is 2.24. The molecule has 1 amide bonds. The molecular weight excluding hydrogens is 285 g/mol. The van der Waals surface area contributed by atoms with Gasteiger partial charge in [0.25, 0.3) is 0 Å². The summed E-state index contributed by atoms with van der Waals surface area (Å²) < 4.78 is 5.61. The van der Waals surface area contributed by atoms with Crippen molar-refractivity contribution in [3.63, 3.8) is 0 Å². The third-order valence-electron chi connectivity index (χ3n) is 1.26. The molecule has 70 valence electrons. The van der Waals surface area contributed by atoms with Crippen molar-refractivity contribution in [3.05, 3.63) is 10.0 Å². The number of rotatable bonds is 2. The van der Waals surface area contributed by atoms with Crippen molar-refractivity contribution in [1.82, 2.24) is 9.97 Å². The number of nitrogens with one attached hydrogen (secondary N) is 1. The Morgan fingerprint density at radius 1 is 1.62 bits per heavy atom. The Hall–Kier alpha value is -0.920. The second-order valence-corrected chi connectivity index (χ2v) is 3.25. The molecule has 13 heavy (non-hydrogen) atoms. The molecule has 5 nitrogen and oxygen atoms in total. The molecule has 0 aromatic carbocycles. The van der Waals surface area contributed by atoms with Gasteiger partial charge in [-0.2, -0.15) is 4.98 Å². The molecule has 0 aliphatic heterocycles. The number of aromatic nitrogens is 2. The molecule has 0 aliphatic carbocycles. The van der Waals surface area contributed by atoms with Gasteiger partial charge in [0.15, 0.2) is 0 Å². The molecule has 0 spiro atoms. The first kappa shape index (κ1) is 10.2. The van der Waals surface area contributed by atoms with Gasteiger partial charge in [-0.05, 0) is 22.6 Å². The minimum atomic E-state index is -0.175. The minimum Gasteiger partial charge on any atom is -0.479 e. The molecule has 0 bridgehead atoms. The van der Waals surface area contributed by atoms with Crippen molar-refractivity contribution in [2.24, 2.45) is 0 Å². The molecule has 0 fully saturated rings. The number of halogens is 1. The third kappa shape index (κ3) is 2.51. The van der Waals surface area contributed by atoms with Crippen LogP contribution in [0.25, 0.3) is 0 Å². The molecule has 0 saturated carbocycles. The van der Waals surface area contributed by atoms with Crippen molar-refractivity contribution in [3.8, 4) is 5.88 Å². The molecule has 0 unspecified atom stereocenters. The van der Waals surface area contributed by atoms with Crippen LogP contribution >= 0.6 is 22.6 Å². The lowest BCUT2D eigenvalue weighted by Crippen LogP contribution is -2.10. The Labute approximate surface area is 89.1 Å². The lowest BCUT2D eigenvalue weighted by atomic mass is 10.5. The van der Waals surface area contributed by atoms with Crippen LogP contribution in [0.15, 0.2) is 6.33 Å². The van der Waals surface area contributed by atoms with E-state index in [1.54, 1.807) is 0 Å². The molecule has 1 heterocycles. The summed E-state index contributed by atoms with van der Waals surface area (Å²) in [4.78, 5) is 18.6. The maximum atomic E-state index is 10.8. The standard InChI is InChI=1S/C7H8IN3O2/c1-4(12)11-5-6(8)9-3-10-7(5)13-2/h3H,1-2H3,(H,11,12). The quantitative estimate of drug-likeness (QED) is 0.654. The van der Waals surface area contributed by atoms with E-state index in [2.05, 4.69) is 15.3 Å². The summed E-state index contributed by atoms with van der Waals surface area (Å²) in [6.45, 7) is 1.42. The predicted molar refractivity (Wildman–Crippen MR) is 55.6 cm³/mol. The number of carbonyl (C=O) groups excluding carboxylic acids is 1. The first-order valence-corrected chi connectivity index (χ1v) is 4.55. The van der Waals surface area contributed by atoms with Crippen LogP contribution < -0.4 is 10.1 Å². The van der Waals surface area contributed by atoms with Crippen LogP contribution in [0, 0.1) is 3.70 Å². The molecule has 1 aromatic heterocycles. The van der Waals surface area contributed by atoms with Gasteiger partial charge in [0.1, 0.15) is 15.7 Å². The highest BCUT2D eigenvalue weighted by molar-refractivity contribution is 14.1. The maximum Gasteiger partial charge on any atom is 0.241 e. The third-order valence-corrected chi connectivity index (χ3v) is 2.08. The SMILES string of the molecule is COc1ncnc(I)c1NC(C)=O. The van der Waals surface area contributed by atoms with E-state index in [-0.39, 0.29) is 5.91 Å². The van der Waals surface area contributed by atoms with Gasteiger partial charge >= 0.3 is 0 Å². The van der Waals surface area contributed by atoms with Gasteiger partial charge in [-0.3, -0.25) is 4.79 Å². The fraction of sp³-hybridized carbons (Fsp3) is 0.286. The van der Waals surface area contributed by atoms with E-state index in [9.17, 15) is 4.79 Å². The first-order valence-electron chi connectivity index (χ1n) is 3.47. The molecule has 1 aromatic rings.